The molecule has 2 atom stereocenters. The zero-order chi connectivity index (χ0) is 14.2. The fourth-order valence-electron chi connectivity index (χ4n) is 1.90. The smallest absolute Gasteiger partial charge is 0.0156 e. The summed E-state index contributed by atoms with van der Waals surface area (Å²) in [6.45, 7) is 14.2. The summed E-state index contributed by atoms with van der Waals surface area (Å²) in [6, 6.07) is 0. The first-order valence-corrected chi connectivity index (χ1v) is 8.27. The van der Waals surface area contributed by atoms with Crippen LogP contribution in [0.2, 0.25) is 0 Å². The minimum Gasteiger partial charge on any atom is -0.389 e. The fraction of sp³-hybridized carbons (Fsp3) is 0.867. The molecule has 1 N–H and O–H groups in total. The van der Waals surface area contributed by atoms with E-state index in [1.54, 1.807) is 0 Å². The second kappa shape index (κ2) is 8.48. The van der Waals surface area contributed by atoms with Gasteiger partial charge in [-0.2, -0.15) is 12.6 Å². The number of nitrogens with one attached hydrogen (secondary N) is 1. The molecule has 0 aromatic heterocycles. The molecule has 0 aliphatic carbocycles. The Kier molecular flexibility index (Phi) is 8.63. The Morgan fingerprint density at radius 3 is 2.28 bits per heavy atom. The van der Waals surface area contributed by atoms with Gasteiger partial charge in [0.15, 0.2) is 0 Å². The van der Waals surface area contributed by atoms with Gasteiger partial charge in [0.05, 0.1) is 0 Å². The minimum atomic E-state index is 0.138. The van der Waals surface area contributed by atoms with Crippen molar-refractivity contribution < 1.29 is 0 Å². The minimum absolute atomic E-state index is 0.138. The van der Waals surface area contributed by atoms with Crippen molar-refractivity contribution in [1.29, 1.82) is 0 Å². The third kappa shape index (κ3) is 11.4. The zero-order valence-electron chi connectivity index (χ0n) is 12.7. The molecule has 0 saturated carbocycles. The topological polar surface area (TPSA) is 12.0 Å². The van der Waals surface area contributed by atoms with Crippen LogP contribution in [0.25, 0.3) is 0 Å². The van der Waals surface area contributed by atoms with Gasteiger partial charge in [-0.1, -0.05) is 40.7 Å². The molecule has 108 valence electrons. The third-order valence-electron chi connectivity index (χ3n) is 3.13. The average molecular weight is 289 g/mol. The van der Waals surface area contributed by atoms with E-state index in [1.165, 1.54) is 19.3 Å². The van der Waals surface area contributed by atoms with E-state index in [4.69, 9.17) is 12.6 Å². The molecule has 0 aromatic carbocycles. The van der Waals surface area contributed by atoms with Gasteiger partial charge in [-0.25, -0.2) is 0 Å². The first-order valence-electron chi connectivity index (χ1n) is 7.00. The number of hydrogen-bond acceptors (Lipinski definition) is 2. The molecule has 0 fully saturated rings. The lowest BCUT2D eigenvalue weighted by atomic mass is 9.87. The van der Waals surface area contributed by atoms with Crippen molar-refractivity contribution in [2.45, 2.75) is 64.5 Å². The first-order chi connectivity index (χ1) is 8.16. The molecule has 0 bridgehead atoms. The van der Waals surface area contributed by atoms with Crippen molar-refractivity contribution in [1.82, 2.24) is 5.32 Å². The van der Waals surface area contributed by atoms with Gasteiger partial charge in [0, 0.05) is 17.0 Å². The Labute approximate surface area is 122 Å². The maximum absolute atomic E-state index is 4.80. The molecule has 0 amide bonds. The lowest BCUT2D eigenvalue weighted by molar-refractivity contribution is 0.347. The van der Waals surface area contributed by atoms with Crippen LogP contribution in [0, 0.1) is 5.41 Å². The normalized spacial score (nSPS) is 15.2. The summed E-state index contributed by atoms with van der Waals surface area (Å²) in [7, 11) is 2.73. The van der Waals surface area contributed by atoms with Crippen LogP contribution in [0.5, 0.6) is 0 Å². The molecule has 3 heteroatoms. The van der Waals surface area contributed by atoms with Crippen LogP contribution in [0.15, 0.2) is 12.3 Å². The second-order valence-corrected chi connectivity index (χ2v) is 8.39. The van der Waals surface area contributed by atoms with Gasteiger partial charge < -0.3 is 5.32 Å². The van der Waals surface area contributed by atoms with E-state index in [2.05, 4.69) is 48.8 Å². The SMILES string of the molecule is C=C(CCP)NCCC(C)(S)CCCC(C)(C)C. The lowest BCUT2D eigenvalue weighted by Gasteiger charge is -2.26. The van der Waals surface area contributed by atoms with E-state index in [0.717, 1.165) is 31.2 Å². The Bertz CT molecular complexity index is 243. The van der Waals surface area contributed by atoms with Crippen LogP contribution in [0.1, 0.15) is 59.8 Å². The summed E-state index contributed by atoms with van der Waals surface area (Å²) in [5.74, 6) is 0. The maximum atomic E-state index is 4.80. The predicted octanol–water partition coefficient (Wildman–Crippen LogP) is 4.65. The molecule has 0 saturated heterocycles. The van der Waals surface area contributed by atoms with Gasteiger partial charge >= 0.3 is 0 Å². The van der Waals surface area contributed by atoms with Gasteiger partial charge in [0.1, 0.15) is 0 Å². The Balaban J connectivity index is 3.76. The summed E-state index contributed by atoms with van der Waals surface area (Å²) in [5.41, 5.74) is 1.58. The van der Waals surface area contributed by atoms with E-state index in [0.29, 0.717) is 5.41 Å². The van der Waals surface area contributed by atoms with Crippen molar-refractivity contribution in [3.8, 4) is 0 Å². The molecule has 0 aliphatic heterocycles. The van der Waals surface area contributed by atoms with Gasteiger partial charge in [0.2, 0.25) is 0 Å². The number of thiol groups is 1. The average Bonchev–Trinajstić information content (AvgIpc) is 2.14. The van der Waals surface area contributed by atoms with Gasteiger partial charge in [-0.15, -0.1) is 9.24 Å². The number of allylic oxidation sites excluding steroid dienone is 1. The van der Waals surface area contributed by atoms with E-state index in [9.17, 15) is 0 Å². The van der Waals surface area contributed by atoms with Crippen LogP contribution in [0.4, 0.5) is 0 Å². The quantitative estimate of drug-likeness (QED) is 0.465. The molecule has 18 heavy (non-hydrogen) atoms. The van der Waals surface area contributed by atoms with Crippen LogP contribution >= 0.6 is 21.9 Å². The summed E-state index contributed by atoms with van der Waals surface area (Å²) >= 11 is 4.80. The highest BCUT2D eigenvalue weighted by Crippen LogP contribution is 2.29. The molecular formula is C15H32NPS. The van der Waals surface area contributed by atoms with E-state index < -0.39 is 0 Å². The monoisotopic (exact) mass is 289 g/mol. The summed E-state index contributed by atoms with van der Waals surface area (Å²) in [5, 5.41) is 3.39. The van der Waals surface area contributed by atoms with Crippen molar-refractivity contribution >= 4 is 21.9 Å². The summed E-state index contributed by atoms with van der Waals surface area (Å²) in [6.07, 6.45) is 6.93. The molecule has 0 spiro atoms. The molecule has 0 heterocycles. The summed E-state index contributed by atoms with van der Waals surface area (Å²) in [4.78, 5) is 0. The maximum Gasteiger partial charge on any atom is 0.0156 e. The molecular weight excluding hydrogens is 257 g/mol. The van der Waals surface area contributed by atoms with Crippen molar-refractivity contribution in [2.24, 2.45) is 5.41 Å². The van der Waals surface area contributed by atoms with Crippen LogP contribution in [0.3, 0.4) is 0 Å². The van der Waals surface area contributed by atoms with Crippen LogP contribution < -0.4 is 5.32 Å². The van der Waals surface area contributed by atoms with Gasteiger partial charge in [-0.05, 0) is 37.3 Å². The van der Waals surface area contributed by atoms with E-state index in [-0.39, 0.29) is 4.75 Å². The van der Waals surface area contributed by atoms with Crippen molar-refractivity contribution in [3.05, 3.63) is 12.3 Å². The molecule has 2 unspecified atom stereocenters. The second-order valence-electron chi connectivity index (χ2n) is 6.73. The first kappa shape index (κ1) is 18.3. The molecule has 0 aliphatic rings. The highest BCUT2D eigenvalue weighted by atomic mass is 32.1. The third-order valence-corrected chi connectivity index (χ3v) is 3.86. The van der Waals surface area contributed by atoms with E-state index >= 15 is 0 Å². The summed E-state index contributed by atoms with van der Waals surface area (Å²) < 4.78 is 0.138. The Morgan fingerprint density at radius 1 is 1.17 bits per heavy atom. The lowest BCUT2D eigenvalue weighted by Crippen LogP contribution is -2.25. The molecule has 0 aromatic rings. The van der Waals surface area contributed by atoms with E-state index in [1.807, 2.05) is 0 Å². The van der Waals surface area contributed by atoms with Crippen LogP contribution in [-0.4, -0.2) is 17.5 Å². The van der Waals surface area contributed by atoms with Crippen molar-refractivity contribution in [3.63, 3.8) is 0 Å². The van der Waals surface area contributed by atoms with Gasteiger partial charge in [-0.3, -0.25) is 0 Å². The Hall–Kier alpha value is 0.320. The molecule has 0 rings (SSSR count). The standard InChI is InChI=1S/C15H32NPS/c1-13(7-12-17)16-11-10-15(5,18)9-6-8-14(2,3)4/h16,18H,1,6-12,17H2,2-5H3. The van der Waals surface area contributed by atoms with Crippen molar-refractivity contribution in [2.75, 3.05) is 12.7 Å². The fourth-order valence-corrected chi connectivity index (χ4v) is 2.51. The highest BCUT2D eigenvalue weighted by molar-refractivity contribution is 7.81. The largest absolute Gasteiger partial charge is 0.389 e. The number of rotatable bonds is 9. The predicted molar refractivity (Wildman–Crippen MR) is 91.7 cm³/mol. The zero-order valence-corrected chi connectivity index (χ0v) is 14.7. The highest BCUT2D eigenvalue weighted by Gasteiger charge is 2.20. The Morgan fingerprint density at radius 2 is 1.78 bits per heavy atom. The van der Waals surface area contributed by atoms with Crippen LogP contribution in [-0.2, 0) is 0 Å². The molecule has 1 nitrogen and oxygen atoms in total. The van der Waals surface area contributed by atoms with Gasteiger partial charge in [0.25, 0.3) is 0 Å². The molecule has 0 radical (unpaired) electrons. The number of hydrogen-bond donors (Lipinski definition) is 2.